The van der Waals surface area contributed by atoms with Gasteiger partial charge >= 0.3 is 0 Å². The van der Waals surface area contributed by atoms with Crippen LogP contribution in [-0.2, 0) is 16.4 Å². The Morgan fingerprint density at radius 1 is 1.15 bits per heavy atom. The molecule has 0 aliphatic heterocycles. The minimum Gasteiger partial charge on any atom is -0.317 e. The van der Waals surface area contributed by atoms with Gasteiger partial charge in [-0.15, -0.1) is 0 Å². The zero-order valence-corrected chi connectivity index (χ0v) is 13.8. The molecule has 0 heterocycles. The summed E-state index contributed by atoms with van der Waals surface area (Å²) in [7, 11) is -3.35. The summed E-state index contributed by atoms with van der Waals surface area (Å²) in [6.07, 6.45) is 3.98. The summed E-state index contributed by atoms with van der Waals surface area (Å²) in [5, 5.41) is 3.27. The molecule has 0 bridgehead atoms. The predicted octanol–water partition coefficient (Wildman–Crippen LogP) is 1.87. The molecule has 0 aromatic heterocycles. The number of benzene rings is 1. The first-order valence-electron chi connectivity index (χ1n) is 6.88. The highest BCUT2D eigenvalue weighted by Gasteiger charge is 2.12. The van der Waals surface area contributed by atoms with E-state index in [2.05, 4.69) is 17.0 Å². The van der Waals surface area contributed by atoms with Gasteiger partial charge in [0, 0.05) is 12.3 Å². The topological polar surface area (TPSA) is 58.2 Å². The molecule has 4 nitrogen and oxygen atoms in total. The standard InChI is InChI=1S/C14H24N2O2S2/c1-3-15-10-4-5-13-6-8-14(9-7-13)20(17,18)16-11-12-19-2/h6-9,15-16H,3-5,10-12H2,1-2H3. The summed E-state index contributed by atoms with van der Waals surface area (Å²) in [6, 6.07) is 7.16. The fourth-order valence-electron chi connectivity index (χ4n) is 1.79. The van der Waals surface area contributed by atoms with Gasteiger partial charge in [0.05, 0.1) is 4.90 Å². The third-order valence-corrected chi connectivity index (χ3v) is 4.99. The Morgan fingerprint density at radius 3 is 2.45 bits per heavy atom. The minimum absolute atomic E-state index is 0.342. The largest absolute Gasteiger partial charge is 0.317 e. The fourth-order valence-corrected chi connectivity index (χ4v) is 3.26. The van der Waals surface area contributed by atoms with Crippen LogP contribution in [-0.4, -0.2) is 40.1 Å². The maximum Gasteiger partial charge on any atom is 0.240 e. The first-order valence-corrected chi connectivity index (χ1v) is 9.76. The van der Waals surface area contributed by atoms with Gasteiger partial charge in [0.1, 0.15) is 0 Å². The Morgan fingerprint density at radius 2 is 1.85 bits per heavy atom. The van der Waals surface area contributed by atoms with Gasteiger partial charge in [-0.3, -0.25) is 0 Å². The molecule has 0 amide bonds. The van der Waals surface area contributed by atoms with Crippen LogP contribution in [0.4, 0.5) is 0 Å². The van der Waals surface area contributed by atoms with Crippen LogP contribution < -0.4 is 10.0 Å². The quantitative estimate of drug-likeness (QED) is 0.647. The lowest BCUT2D eigenvalue weighted by Gasteiger charge is -2.07. The molecule has 20 heavy (non-hydrogen) atoms. The molecule has 0 atom stereocenters. The van der Waals surface area contributed by atoms with E-state index >= 15 is 0 Å². The van der Waals surface area contributed by atoms with Crippen molar-refractivity contribution in [3.8, 4) is 0 Å². The number of thioether (sulfide) groups is 1. The van der Waals surface area contributed by atoms with Crippen LogP contribution >= 0.6 is 11.8 Å². The summed E-state index contributed by atoms with van der Waals surface area (Å²) in [5.41, 5.74) is 1.17. The summed E-state index contributed by atoms with van der Waals surface area (Å²) in [4.78, 5) is 0.342. The highest BCUT2D eigenvalue weighted by atomic mass is 32.2. The fraction of sp³-hybridized carbons (Fsp3) is 0.571. The van der Waals surface area contributed by atoms with Crippen molar-refractivity contribution in [2.24, 2.45) is 0 Å². The first kappa shape index (κ1) is 17.5. The van der Waals surface area contributed by atoms with Crippen LogP contribution in [0.5, 0.6) is 0 Å². The number of nitrogens with one attached hydrogen (secondary N) is 2. The summed E-state index contributed by atoms with van der Waals surface area (Å²) >= 11 is 1.62. The Labute approximate surface area is 126 Å². The molecule has 1 aromatic carbocycles. The lowest BCUT2D eigenvalue weighted by atomic mass is 10.1. The molecular formula is C14H24N2O2S2. The maximum absolute atomic E-state index is 12.0. The number of hydrogen-bond donors (Lipinski definition) is 2. The highest BCUT2D eigenvalue weighted by molar-refractivity contribution is 7.98. The SMILES string of the molecule is CCNCCCc1ccc(S(=O)(=O)NCCSC)cc1. The molecule has 6 heteroatoms. The van der Waals surface area contributed by atoms with Gasteiger partial charge < -0.3 is 5.32 Å². The van der Waals surface area contributed by atoms with Gasteiger partial charge in [-0.05, 0) is 49.9 Å². The van der Waals surface area contributed by atoms with Crippen molar-refractivity contribution in [2.75, 3.05) is 31.6 Å². The van der Waals surface area contributed by atoms with E-state index in [1.807, 2.05) is 18.4 Å². The molecule has 1 rings (SSSR count). The average molecular weight is 316 g/mol. The monoisotopic (exact) mass is 316 g/mol. The highest BCUT2D eigenvalue weighted by Crippen LogP contribution is 2.11. The molecule has 0 fully saturated rings. The molecule has 2 N–H and O–H groups in total. The van der Waals surface area contributed by atoms with E-state index in [4.69, 9.17) is 0 Å². The van der Waals surface area contributed by atoms with E-state index in [-0.39, 0.29) is 0 Å². The van der Waals surface area contributed by atoms with E-state index in [0.717, 1.165) is 31.7 Å². The van der Waals surface area contributed by atoms with E-state index in [1.54, 1.807) is 23.9 Å². The lowest BCUT2D eigenvalue weighted by Crippen LogP contribution is -2.25. The third-order valence-electron chi connectivity index (χ3n) is 2.90. The van der Waals surface area contributed by atoms with Crippen molar-refractivity contribution < 1.29 is 8.42 Å². The second kappa shape index (κ2) is 9.39. The van der Waals surface area contributed by atoms with Gasteiger partial charge in [-0.1, -0.05) is 19.1 Å². The Balaban J connectivity index is 2.52. The molecule has 0 aliphatic rings. The molecule has 0 spiro atoms. The van der Waals surface area contributed by atoms with E-state index < -0.39 is 10.0 Å². The number of rotatable bonds is 10. The lowest BCUT2D eigenvalue weighted by molar-refractivity contribution is 0.584. The van der Waals surface area contributed by atoms with Crippen LogP contribution in [0.3, 0.4) is 0 Å². The second-order valence-corrected chi connectivity index (χ2v) is 7.24. The average Bonchev–Trinajstić information content (AvgIpc) is 2.44. The van der Waals surface area contributed by atoms with E-state index in [9.17, 15) is 8.42 Å². The van der Waals surface area contributed by atoms with Gasteiger partial charge in [-0.25, -0.2) is 13.1 Å². The maximum atomic E-state index is 12.0. The normalized spacial score (nSPS) is 11.7. The Bertz CT molecular complexity index is 472. The summed E-state index contributed by atoms with van der Waals surface area (Å²) in [5.74, 6) is 0.780. The summed E-state index contributed by atoms with van der Waals surface area (Å²) in [6.45, 7) is 4.53. The van der Waals surface area contributed by atoms with Crippen molar-refractivity contribution in [1.82, 2.24) is 10.0 Å². The minimum atomic E-state index is -3.35. The molecule has 114 valence electrons. The number of sulfonamides is 1. The zero-order chi connectivity index (χ0) is 14.8. The van der Waals surface area contributed by atoms with Crippen LogP contribution in [0.2, 0.25) is 0 Å². The number of hydrogen-bond acceptors (Lipinski definition) is 4. The van der Waals surface area contributed by atoms with Crippen molar-refractivity contribution in [1.29, 1.82) is 0 Å². The van der Waals surface area contributed by atoms with Gasteiger partial charge in [0.25, 0.3) is 0 Å². The van der Waals surface area contributed by atoms with E-state index in [1.165, 1.54) is 5.56 Å². The molecular weight excluding hydrogens is 292 g/mol. The van der Waals surface area contributed by atoms with Gasteiger partial charge in [-0.2, -0.15) is 11.8 Å². The molecule has 0 saturated carbocycles. The molecule has 1 aromatic rings. The molecule has 0 unspecified atom stereocenters. The summed E-state index contributed by atoms with van der Waals surface area (Å²) < 4.78 is 26.6. The van der Waals surface area contributed by atoms with E-state index in [0.29, 0.717) is 11.4 Å². The van der Waals surface area contributed by atoms with Crippen molar-refractivity contribution >= 4 is 21.8 Å². The number of aryl methyl sites for hydroxylation is 1. The molecule has 0 saturated heterocycles. The van der Waals surface area contributed by atoms with Crippen molar-refractivity contribution in [2.45, 2.75) is 24.7 Å². The zero-order valence-electron chi connectivity index (χ0n) is 12.2. The van der Waals surface area contributed by atoms with Crippen LogP contribution in [0.15, 0.2) is 29.2 Å². The Hall–Kier alpha value is -0.560. The van der Waals surface area contributed by atoms with Gasteiger partial charge in [0.15, 0.2) is 0 Å². The van der Waals surface area contributed by atoms with Crippen LogP contribution in [0.1, 0.15) is 18.9 Å². The van der Waals surface area contributed by atoms with Gasteiger partial charge in [0.2, 0.25) is 10.0 Å². The predicted molar refractivity (Wildman–Crippen MR) is 86.9 cm³/mol. The molecule has 0 radical (unpaired) electrons. The van der Waals surface area contributed by atoms with Crippen molar-refractivity contribution in [3.05, 3.63) is 29.8 Å². The van der Waals surface area contributed by atoms with Crippen molar-refractivity contribution in [3.63, 3.8) is 0 Å². The van der Waals surface area contributed by atoms with Crippen LogP contribution in [0, 0.1) is 0 Å². The molecule has 0 aliphatic carbocycles. The Kier molecular flexibility index (Phi) is 8.21. The second-order valence-electron chi connectivity index (χ2n) is 4.49. The smallest absolute Gasteiger partial charge is 0.240 e. The first-order chi connectivity index (χ1) is 9.60. The van der Waals surface area contributed by atoms with Crippen LogP contribution in [0.25, 0.3) is 0 Å². The third kappa shape index (κ3) is 6.26.